The molecule has 2 N–H and O–H groups in total. The molecule has 1 aromatic rings. The van der Waals surface area contributed by atoms with E-state index in [0.29, 0.717) is 12.6 Å². The largest absolute Gasteiger partial charge is 0.352 e. The zero-order valence-electron chi connectivity index (χ0n) is 9.89. The van der Waals surface area contributed by atoms with Crippen LogP contribution in [0.4, 0.5) is 5.82 Å². The van der Waals surface area contributed by atoms with E-state index < -0.39 is 0 Å². The topological polar surface area (TPSA) is 55.0 Å². The molecule has 4 heteroatoms. The second kappa shape index (κ2) is 5.25. The molecule has 2 heterocycles. The van der Waals surface area contributed by atoms with Crippen molar-refractivity contribution >= 4 is 5.82 Å². The van der Waals surface area contributed by atoms with Crippen LogP contribution in [0.3, 0.4) is 0 Å². The predicted molar refractivity (Wildman–Crippen MR) is 65.4 cm³/mol. The van der Waals surface area contributed by atoms with Crippen LogP contribution in [0.25, 0.3) is 0 Å². The Kier molecular flexibility index (Phi) is 3.72. The van der Waals surface area contributed by atoms with Crippen molar-refractivity contribution in [2.75, 3.05) is 18.0 Å². The molecule has 0 saturated carbocycles. The molecule has 0 aliphatic carbocycles. The number of anilines is 1. The number of aryl methyl sites for hydroxylation is 1. The summed E-state index contributed by atoms with van der Waals surface area (Å²) >= 11 is 0. The standard InChI is InChI=1S/C12H20N4/c1-10-7-12(15-9-14-10)16-6-4-2-3-5-11(16)8-13/h7,9,11H,2-6,8,13H2,1H3. The number of nitrogens with zero attached hydrogens (tertiary/aromatic N) is 3. The van der Waals surface area contributed by atoms with Crippen molar-refractivity contribution in [3.63, 3.8) is 0 Å². The van der Waals surface area contributed by atoms with Crippen molar-refractivity contribution in [2.45, 2.75) is 38.6 Å². The highest BCUT2D eigenvalue weighted by molar-refractivity contribution is 5.40. The summed E-state index contributed by atoms with van der Waals surface area (Å²) in [6, 6.07) is 2.49. The van der Waals surface area contributed by atoms with Crippen LogP contribution in [-0.2, 0) is 0 Å². The van der Waals surface area contributed by atoms with Crippen LogP contribution in [0.2, 0.25) is 0 Å². The molecule has 1 aliphatic heterocycles. The van der Waals surface area contributed by atoms with Crippen LogP contribution >= 0.6 is 0 Å². The van der Waals surface area contributed by atoms with Gasteiger partial charge in [-0.3, -0.25) is 0 Å². The summed E-state index contributed by atoms with van der Waals surface area (Å²) in [7, 11) is 0. The summed E-state index contributed by atoms with van der Waals surface area (Å²) in [5.74, 6) is 1.03. The Morgan fingerprint density at radius 3 is 3.00 bits per heavy atom. The van der Waals surface area contributed by atoms with Gasteiger partial charge in [-0.2, -0.15) is 0 Å². The van der Waals surface area contributed by atoms with Crippen molar-refractivity contribution in [3.05, 3.63) is 18.1 Å². The molecule has 2 rings (SSSR count). The molecule has 0 bridgehead atoms. The van der Waals surface area contributed by atoms with E-state index in [1.807, 2.05) is 13.0 Å². The van der Waals surface area contributed by atoms with Gasteiger partial charge in [0.2, 0.25) is 0 Å². The summed E-state index contributed by atoms with van der Waals surface area (Å²) < 4.78 is 0. The molecule has 1 saturated heterocycles. The third-order valence-corrected chi connectivity index (χ3v) is 3.23. The predicted octanol–water partition coefficient (Wildman–Crippen LogP) is 1.49. The molecule has 1 aliphatic rings. The first-order chi connectivity index (χ1) is 7.81. The van der Waals surface area contributed by atoms with Gasteiger partial charge < -0.3 is 10.6 Å². The average Bonchev–Trinajstić information content (AvgIpc) is 2.53. The van der Waals surface area contributed by atoms with Gasteiger partial charge in [0.15, 0.2) is 0 Å². The molecule has 4 nitrogen and oxygen atoms in total. The lowest BCUT2D eigenvalue weighted by Crippen LogP contribution is -2.40. The Bertz CT molecular complexity index is 340. The SMILES string of the molecule is Cc1cc(N2CCCCCC2CN)ncn1. The fourth-order valence-electron chi connectivity index (χ4n) is 2.32. The lowest BCUT2D eigenvalue weighted by molar-refractivity contribution is 0.575. The Morgan fingerprint density at radius 1 is 1.38 bits per heavy atom. The van der Waals surface area contributed by atoms with Gasteiger partial charge in [-0.1, -0.05) is 12.8 Å². The maximum atomic E-state index is 5.85. The maximum Gasteiger partial charge on any atom is 0.132 e. The third-order valence-electron chi connectivity index (χ3n) is 3.23. The van der Waals surface area contributed by atoms with Gasteiger partial charge in [-0.05, 0) is 19.8 Å². The first-order valence-electron chi connectivity index (χ1n) is 6.06. The minimum absolute atomic E-state index is 0.441. The molecule has 1 aromatic heterocycles. The van der Waals surface area contributed by atoms with Gasteiger partial charge >= 0.3 is 0 Å². The fourth-order valence-corrected chi connectivity index (χ4v) is 2.32. The molecular formula is C12H20N4. The van der Waals surface area contributed by atoms with Gasteiger partial charge in [0.25, 0.3) is 0 Å². The molecule has 0 aromatic carbocycles. The highest BCUT2D eigenvalue weighted by Gasteiger charge is 2.20. The number of nitrogens with two attached hydrogens (primary N) is 1. The van der Waals surface area contributed by atoms with Crippen molar-refractivity contribution < 1.29 is 0 Å². The highest BCUT2D eigenvalue weighted by atomic mass is 15.2. The summed E-state index contributed by atoms with van der Waals surface area (Å²) in [4.78, 5) is 10.9. The first-order valence-corrected chi connectivity index (χ1v) is 6.06. The quantitative estimate of drug-likeness (QED) is 0.820. The minimum atomic E-state index is 0.441. The van der Waals surface area contributed by atoms with Crippen molar-refractivity contribution in [3.8, 4) is 0 Å². The van der Waals surface area contributed by atoms with Gasteiger partial charge in [-0.15, -0.1) is 0 Å². The van der Waals surface area contributed by atoms with Crippen LogP contribution in [0.1, 0.15) is 31.4 Å². The van der Waals surface area contributed by atoms with Crippen LogP contribution < -0.4 is 10.6 Å². The van der Waals surface area contributed by atoms with Crippen molar-refractivity contribution in [1.82, 2.24) is 9.97 Å². The molecular weight excluding hydrogens is 200 g/mol. The van der Waals surface area contributed by atoms with E-state index in [4.69, 9.17) is 5.73 Å². The third kappa shape index (κ3) is 2.50. The summed E-state index contributed by atoms with van der Waals surface area (Å²) in [6.45, 7) is 3.78. The number of rotatable bonds is 2. The number of hydrogen-bond donors (Lipinski definition) is 1. The lowest BCUT2D eigenvalue weighted by Gasteiger charge is -2.30. The molecule has 16 heavy (non-hydrogen) atoms. The van der Waals surface area contributed by atoms with E-state index in [2.05, 4.69) is 14.9 Å². The zero-order valence-corrected chi connectivity index (χ0v) is 9.89. The van der Waals surface area contributed by atoms with E-state index in [9.17, 15) is 0 Å². The minimum Gasteiger partial charge on any atom is -0.352 e. The number of aromatic nitrogens is 2. The van der Waals surface area contributed by atoms with Crippen LogP contribution in [-0.4, -0.2) is 29.1 Å². The second-order valence-electron chi connectivity index (χ2n) is 4.45. The summed E-state index contributed by atoms with van der Waals surface area (Å²) in [5, 5.41) is 0. The molecule has 0 amide bonds. The Morgan fingerprint density at radius 2 is 2.25 bits per heavy atom. The maximum absolute atomic E-state index is 5.85. The number of hydrogen-bond acceptors (Lipinski definition) is 4. The first kappa shape index (κ1) is 11.3. The molecule has 1 unspecified atom stereocenters. The van der Waals surface area contributed by atoms with E-state index in [-0.39, 0.29) is 0 Å². The molecule has 1 atom stereocenters. The average molecular weight is 220 g/mol. The van der Waals surface area contributed by atoms with Gasteiger partial charge in [0.05, 0.1) is 0 Å². The fraction of sp³-hybridized carbons (Fsp3) is 0.667. The Labute approximate surface area is 96.9 Å². The summed E-state index contributed by atoms with van der Waals surface area (Å²) in [5.41, 5.74) is 6.87. The van der Waals surface area contributed by atoms with Crippen molar-refractivity contribution in [1.29, 1.82) is 0 Å². The van der Waals surface area contributed by atoms with Crippen molar-refractivity contribution in [2.24, 2.45) is 5.73 Å². The molecule has 0 spiro atoms. The van der Waals surface area contributed by atoms with E-state index in [0.717, 1.165) is 18.1 Å². The Balaban J connectivity index is 2.21. The normalized spacial score (nSPS) is 21.9. The van der Waals surface area contributed by atoms with Gasteiger partial charge in [0.1, 0.15) is 12.1 Å². The molecule has 88 valence electrons. The molecule has 1 fully saturated rings. The zero-order chi connectivity index (χ0) is 11.4. The highest BCUT2D eigenvalue weighted by Crippen LogP contribution is 2.21. The van der Waals surface area contributed by atoms with E-state index in [1.165, 1.54) is 25.7 Å². The second-order valence-corrected chi connectivity index (χ2v) is 4.45. The summed E-state index contributed by atoms with van der Waals surface area (Å²) in [6.07, 6.45) is 6.64. The van der Waals surface area contributed by atoms with E-state index >= 15 is 0 Å². The monoisotopic (exact) mass is 220 g/mol. The van der Waals surface area contributed by atoms with Gasteiger partial charge in [-0.25, -0.2) is 9.97 Å². The van der Waals surface area contributed by atoms with Crippen LogP contribution in [0.5, 0.6) is 0 Å². The van der Waals surface area contributed by atoms with E-state index in [1.54, 1.807) is 6.33 Å². The molecule has 0 radical (unpaired) electrons. The smallest absolute Gasteiger partial charge is 0.132 e. The van der Waals surface area contributed by atoms with Crippen LogP contribution in [0, 0.1) is 6.92 Å². The Hall–Kier alpha value is -1.16. The van der Waals surface area contributed by atoms with Gasteiger partial charge in [0, 0.05) is 30.9 Å². The lowest BCUT2D eigenvalue weighted by atomic mass is 10.1. The van der Waals surface area contributed by atoms with Crippen LogP contribution in [0.15, 0.2) is 12.4 Å².